The molecule has 0 bridgehead atoms. The molecule has 1 aliphatic rings. The first-order valence-electron chi connectivity index (χ1n) is 9.86. The third-order valence-corrected chi connectivity index (χ3v) is 5.23. The quantitative estimate of drug-likeness (QED) is 0.422. The van der Waals surface area contributed by atoms with E-state index < -0.39 is 17.8 Å². The molecule has 1 aliphatic carbocycles. The number of carboxylic acid groups (broad SMARTS) is 1. The van der Waals surface area contributed by atoms with E-state index in [1.165, 1.54) is 6.42 Å². The standard InChI is InChI=1S/C20H36O4/c1-4-5-9-14-24-20(23)17(13-12-15(2)3)18(19(21)22)16-10-7-6-8-11-16/h15-18H,4-14H2,1-3H3,(H,21,22). The van der Waals surface area contributed by atoms with E-state index in [0.717, 1.165) is 51.4 Å². The number of carboxylic acids is 1. The number of carbonyl (C=O) groups excluding carboxylic acids is 1. The van der Waals surface area contributed by atoms with Gasteiger partial charge in [0.2, 0.25) is 0 Å². The molecule has 0 aromatic carbocycles. The highest BCUT2D eigenvalue weighted by molar-refractivity contribution is 5.81. The van der Waals surface area contributed by atoms with Crippen LogP contribution in [0, 0.1) is 23.7 Å². The molecule has 0 aromatic rings. The van der Waals surface area contributed by atoms with Crippen molar-refractivity contribution in [3.63, 3.8) is 0 Å². The van der Waals surface area contributed by atoms with Crippen molar-refractivity contribution in [3.8, 4) is 0 Å². The Hall–Kier alpha value is -1.06. The lowest BCUT2D eigenvalue weighted by Gasteiger charge is -2.32. The first kappa shape index (κ1) is 21.0. The van der Waals surface area contributed by atoms with E-state index in [1.54, 1.807) is 0 Å². The number of ether oxygens (including phenoxy) is 1. The number of unbranched alkanes of at least 4 members (excludes halogenated alkanes) is 2. The monoisotopic (exact) mass is 340 g/mol. The van der Waals surface area contributed by atoms with E-state index in [-0.39, 0.29) is 11.9 Å². The van der Waals surface area contributed by atoms with Gasteiger partial charge in [-0.3, -0.25) is 9.59 Å². The molecule has 1 N–H and O–H groups in total. The second-order valence-electron chi connectivity index (χ2n) is 7.71. The molecule has 24 heavy (non-hydrogen) atoms. The zero-order valence-electron chi connectivity index (χ0n) is 15.8. The van der Waals surface area contributed by atoms with Crippen LogP contribution >= 0.6 is 0 Å². The first-order valence-corrected chi connectivity index (χ1v) is 9.86. The molecule has 0 aliphatic heterocycles. The van der Waals surface area contributed by atoms with E-state index in [1.807, 2.05) is 0 Å². The molecular weight excluding hydrogens is 304 g/mol. The van der Waals surface area contributed by atoms with Gasteiger partial charge in [0.15, 0.2) is 0 Å². The lowest BCUT2D eigenvalue weighted by Crippen LogP contribution is -2.37. The smallest absolute Gasteiger partial charge is 0.309 e. The second-order valence-corrected chi connectivity index (χ2v) is 7.71. The second kappa shape index (κ2) is 11.5. The SMILES string of the molecule is CCCCCOC(=O)C(CCC(C)C)C(C(=O)O)C1CCCCC1. The van der Waals surface area contributed by atoms with Gasteiger partial charge >= 0.3 is 11.9 Å². The zero-order valence-corrected chi connectivity index (χ0v) is 15.8. The Bertz CT molecular complexity index is 372. The lowest BCUT2D eigenvalue weighted by molar-refractivity contribution is -0.161. The molecule has 0 saturated heterocycles. The Kier molecular flexibility index (Phi) is 10.0. The Morgan fingerprint density at radius 3 is 2.29 bits per heavy atom. The summed E-state index contributed by atoms with van der Waals surface area (Å²) < 4.78 is 5.46. The fourth-order valence-electron chi connectivity index (χ4n) is 3.78. The summed E-state index contributed by atoms with van der Waals surface area (Å²) in [6, 6.07) is 0. The molecule has 0 radical (unpaired) electrons. The van der Waals surface area contributed by atoms with Crippen molar-refractivity contribution >= 4 is 11.9 Å². The summed E-state index contributed by atoms with van der Waals surface area (Å²) in [5, 5.41) is 9.81. The minimum atomic E-state index is -0.818. The van der Waals surface area contributed by atoms with Crippen LogP contribution in [0.4, 0.5) is 0 Å². The van der Waals surface area contributed by atoms with E-state index in [9.17, 15) is 14.7 Å². The largest absolute Gasteiger partial charge is 0.481 e. The van der Waals surface area contributed by atoms with Crippen LogP contribution in [-0.2, 0) is 14.3 Å². The summed E-state index contributed by atoms with van der Waals surface area (Å²) in [5.41, 5.74) is 0. The summed E-state index contributed by atoms with van der Waals surface area (Å²) in [4.78, 5) is 24.6. The third-order valence-electron chi connectivity index (χ3n) is 5.23. The molecule has 140 valence electrons. The molecule has 1 rings (SSSR count). The van der Waals surface area contributed by atoms with E-state index >= 15 is 0 Å². The summed E-state index contributed by atoms with van der Waals surface area (Å²) in [6.45, 7) is 6.75. The van der Waals surface area contributed by atoms with Gasteiger partial charge in [0.05, 0.1) is 18.4 Å². The zero-order chi connectivity index (χ0) is 17.9. The van der Waals surface area contributed by atoms with Crippen LogP contribution in [0.2, 0.25) is 0 Å². The Morgan fingerprint density at radius 1 is 1.08 bits per heavy atom. The van der Waals surface area contributed by atoms with Gasteiger partial charge in [-0.1, -0.05) is 59.3 Å². The Morgan fingerprint density at radius 2 is 1.75 bits per heavy atom. The van der Waals surface area contributed by atoms with Crippen LogP contribution in [0.5, 0.6) is 0 Å². The van der Waals surface area contributed by atoms with E-state index in [2.05, 4.69) is 20.8 Å². The Labute approximate surface area is 147 Å². The summed E-state index contributed by atoms with van der Waals surface area (Å²) in [5.74, 6) is -1.60. The predicted molar refractivity (Wildman–Crippen MR) is 95.7 cm³/mol. The molecule has 1 saturated carbocycles. The molecule has 4 nitrogen and oxygen atoms in total. The minimum Gasteiger partial charge on any atom is -0.481 e. The molecule has 0 heterocycles. The minimum absolute atomic E-state index is 0.122. The average Bonchev–Trinajstić information content (AvgIpc) is 2.55. The first-order chi connectivity index (χ1) is 11.5. The summed E-state index contributed by atoms with van der Waals surface area (Å²) in [7, 11) is 0. The lowest BCUT2D eigenvalue weighted by atomic mass is 9.72. The molecule has 1 fully saturated rings. The van der Waals surface area contributed by atoms with Gasteiger partial charge in [-0.25, -0.2) is 0 Å². The maximum Gasteiger partial charge on any atom is 0.309 e. The molecule has 2 atom stereocenters. The van der Waals surface area contributed by atoms with Gasteiger partial charge in [-0.2, -0.15) is 0 Å². The van der Waals surface area contributed by atoms with Crippen LogP contribution in [-0.4, -0.2) is 23.7 Å². The van der Waals surface area contributed by atoms with Crippen molar-refractivity contribution in [2.24, 2.45) is 23.7 Å². The van der Waals surface area contributed by atoms with Crippen LogP contribution in [0.1, 0.15) is 85.0 Å². The molecule has 0 aromatic heterocycles. The summed E-state index contributed by atoms with van der Waals surface area (Å²) in [6.07, 6.45) is 9.66. The number of hydrogen-bond donors (Lipinski definition) is 1. The van der Waals surface area contributed by atoms with Gasteiger partial charge in [0.25, 0.3) is 0 Å². The molecule has 0 spiro atoms. The van der Waals surface area contributed by atoms with Gasteiger partial charge < -0.3 is 9.84 Å². The van der Waals surface area contributed by atoms with Crippen molar-refractivity contribution in [1.82, 2.24) is 0 Å². The summed E-state index contributed by atoms with van der Waals surface area (Å²) >= 11 is 0. The predicted octanol–water partition coefficient (Wildman–Crippen LogP) is 5.05. The van der Waals surface area contributed by atoms with Gasteiger partial charge in [0, 0.05) is 0 Å². The van der Waals surface area contributed by atoms with Gasteiger partial charge in [-0.15, -0.1) is 0 Å². The van der Waals surface area contributed by atoms with Crippen molar-refractivity contribution < 1.29 is 19.4 Å². The molecule has 0 amide bonds. The van der Waals surface area contributed by atoms with Crippen LogP contribution in [0.3, 0.4) is 0 Å². The van der Waals surface area contributed by atoms with Crippen molar-refractivity contribution in [2.45, 2.75) is 85.0 Å². The number of hydrogen-bond acceptors (Lipinski definition) is 3. The highest BCUT2D eigenvalue weighted by atomic mass is 16.5. The molecular formula is C20H36O4. The maximum atomic E-state index is 12.6. The number of esters is 1. The van der Waals surface area contributed by atoms with E-state index in [4.69, 9.17) is 4.74 Å². The van der Waals surface area contributed by atoms with E-state index in [0.29, 0.717) is 18.9 Å². The van der Waals surface area contributed by atoms with Crippen LogP contribution < -0.4 is 0 Å². The van der Waals surface area contributed by atoms with Crippen molar-refractivity contribution in [2.75, 3.05) is 6.61 Å². The molecule has 2 unspecified atom stereocenters. The fraction of sp³-hybridized carbons (Fsp3) is 0.900. The van der Waals surface area contributed by atoms with Crippen LogP contribution in [0.25, 0.3) is 0 Å². The van der Waals surface area contributed by atoms with Gasteiger partial charge in [-0.05, 0) is 37.5 Å². The average molecular weight is 341 g/mol. The molecule has 4 heteroatoms. The Balaban J connectivity index is 2.78. The number of rotatable bonds is 11. The fourth-order valence-corrected chi connectivity index (χ4v) is 3.78. The van der Waals surface area contributed by atoms with Crippen LogP contribution in [0.15, 0.2) is 0 Å². The topological polar surface area (TPSA) is 63.6 Å². The highest BCUT2D eigenvalue weighted by Crippen LogP contribution is 2.37. The number of carbonyl (C=O) groups is 2. The highest BCUT2D eigenvalue weighted by Gasteiger charge is 2.40. The third kappa shape index (κ3) is 7.23. The van der Waals surface area contributed by atoms with Crippen molar-refractivity contribution in [3.05, 3.63) is 0 Å². The van der Waals surface area contributed by atoms with Gasteiger partial charge in [0.1, 0.15) is 0 Å². The van der Waals surface area contributed by atoms with Crippen molar-refractivity contribution in [1.29, 1.82) is 0 Å². The maximum absolute atomic E-state index is 12.6. The number of aliphatic carboxylic acids is 1. The normalized spacial score (nSPS) is 18.3.